The molecule has 190 valence electrons. The number of hydrogen-bond acceptors (Lipinski definition) is 7. The average Bonchev–Trinajstić information content (AvgIpc) is 3.43. The van der Waals surface area contributed by atoms with Crippen LogP contribution in [0.3, 0.4) is 0 Å². The molecular weight excluding hydrogens is 514 g/mol. The van der Waals surface area contributed by atoms with Crippen LogP contribution in [0.2, 0.25) is 5.15 Å². The Morgan fingerprint density at radius 3 is 2.64 bits per heavy atom. The minimum atomic E-state index is -3.68. The van der Waals surface area contributed by atoms with Crippen molar-refractivity contribution in [2.24, 2.45) is 7.05 Å². The molecule has 0 amide bonds. The van der Waals surface area contributed by atoms with Crippen LogP contribution in [0.25, 0.3) is 22.4 Å². The molecule has 13 heteroatoms. The van der Waals surface area contributed by atoms with Crippen LogP contribution in [-0.2, 0) is 21.6 Å². The number of halogens is 3. The molecule has 1 fully saturated rings. The predicted octanol–water partition coefficient (Wildman–Crippen LogP) is 5.27. The molecule has 1 saturated heterocycles. The molecule has 1 aliphatic heterocycles. The Hall–Kier alpha value is -3.09. The summed E-state index contributed by atoms with van der Waals surface area (Å²) in [6.07, 6.45) is 3.03. The molecule has 1 N–H and O–H groups in total. The van der Waals surface area contributed by atoms with Gasteiger partial charge in [0.2, 0.25) is 0 Å². The smallest absolute Gasteiger partial charge is 0.295 e. The van der Waals surface area contributed by atoms with Crippen molar-refractivity contribution in [3.05, 3.63) is 47.8 Å². The Morgan fingerprint density at radius 2 is 2.00 bits per heavy atom. The van der Waals surface area contributed by atoms with E-state index in [2.05, 4.69) is 20.3 Å². The summed E-state index contributed by atoms with van der Waals surface area (Å²) < 4.78 is 62.2. The zero-order chi connectivity index (χ0) is 25.6. The highest BCUT2D eigenvalue weighted by Crippen LogP contribution is 2.37. The largest absolute Gasteiger partial charge is 0.358 e. The molecule has 5 rings (SSSR count). The van der Waals surface area contributed by atoms with Gasteiger partial charge in [-0.15, -0.1) is 0 Å². The molecule has 0 spiro atoms. The second-order valence-corrected chi connectivity index (χ2v) is 11.0. The molecule has 1 aromatic carbocycles. The van der Waals surface area contributed by atoms with Crippen molar-refractivity contribution < 1.29 is 21.9 Å². The van der Waals surface area contributed by atoms with E-state index in [-0.39, 0.29) is 32.6 Å². The fourth-order valence-electron chi connectivity index (χ4n) is 4.38. The van der Waals surface area contributed by atoms with Gasteiger partial charge >= 0.3 is 0 Å². The van der Waals surface area contributed by atoms with Crippen molar-refractivity contribution in [1.29, 1.82) is 0 Å². The van der Waals surface area contributed by atoms with Gasteiger partial charge < -0.3 is 14.6 Å². The van der Waals surface area contributed by atoms with E-state index in [0.29, 0.717) is 18.6 Å². The SMILES string of the molecule is Cn1cncc1-c1ccc(Nc2cc(Cl)nc3c2nc(C(F)F)n3C2CCCCO2)c(S(C)(=O)=O)c1. The number of pyridine rings is 1. The molecule has 1 unspecified atom stereocenters. The number of sulfone groups is 1. The van der Waals surface area contributed by atoms with Crippen LogP contribution in [0, 0.1) is 0 Å². The lowest BCUT2D eigenvalue weighted by molar-refractivity contribution is -0.0363. The van der Waals surface area contributed by atoms with Crippen LogP contribution < -0.4 is 5.32 Å². The lowest BCUT2D eigenvalue weighted by Gasteiger charge is -2.25. The first-order chi connectivity index (χ1) is 17.1. The second kappa shape index (κ2) is 9.41. The summed E-state index contributed by atoms with van der Waals surface area (Å²) in [6, 6.07) is 6.31. The fraction of sp³-hybridized carbons (Fsp3) is 0.348. The number of ether oxygens (including phenoxy) is 1. The van der Waals surface area contributed by atoms with Crippen LogP contribution in [0.5, 0.6) is 0 Å². The normalized spacial score (nSPS) is 16.7. The third-order valence-corrected chi connectivity index (χ3v) is 7.38. The van der Waals surface area contributed by atoms with Gasteiger partial charge in [0.25, 0.3) is 6.43 Å². The van der Waals surface area contributed by atoms with Crippen LogP contribution in [0.15, 0.2) is 41.7 Å². The fourth-order valence-corrected chi connectivity index (χ4v) is 5.43. The Bertz CT molecular complexity index is 1550. The van der Waals surface area contributed by atoms with E-state index in [9.17, 15) is 17.2 Å². The molecule has 0 aliphatic carbocycles. The summed E-state index contributed by atoms with van der Waals surface area (Å²) in [5.74, 6) is -0.482. The number of aryl methyl sites for hydroxylation is 1. The predicted molar refractivity (Wildman–Crippen MR) is 131 cm³/mol. The molecule has 3 aromatic heterocycles. The third kappa shape index (κ3) is 4.56. The van der Waals surface area contributed by atoms with E-state index < -0.39 is 28.3 Å². The van der Waals surface area contributed by atoms with E-state index in [1.54, 1.807) is 36.3 Å². The van der Waals surface area contributed by atoms with E-state index in [4.69, 9.17) is 16.3 Å². The Morgan fingerprint density at radius 1 is 1.19 bits per heavy atom. The van der Waals surface area contributed by atoms with E-state index in [0.717, 1.165) is 24.8 Å². The van der Waals surface area contributed by atoms with Gasteiger partial charge in [-0.3, -0.25) is 4.57 Å². The zero-order valence-corrected chi connectivity index (χ0v) is 21.0. The first-order valence-corrected chi connectivity index (χ1v) is 13.5. The molecule has 1 atom stereocenters. The Labute approximate surface area is 211 Å². The number of nitrogens with zero attached hydrogens (tertiary/aromatic N) is 5. The van der Waals surface area contributed by atoms with Gasteiger partial charge in [-0.2, -0.15) is 0 Å². The number of rotatable bonds is 6. The van der Waals surface area contributed by atoms with E-state index in [1.165, 1.54) is 16.7 Å². The number of alkyl halides is 2. The highest BCUT2D eigenvalue weighted by molar-refractivity contribution is 7.90. The van der Waals surface area contributed by atoms with Gasteiger partial charge in [0.1, 0.15) is 16.9 Å². The van der Waals surface area contributed by atoms with Crippen molar-refractivity contribution in [1.82, 2.24) is 24.1 Å². The summed E-state index contributed by atoms with van der Waals surface area (Å²) in [4.78, 5) is 12.5. The average molecular weight is 537 g/mol. The maximum atomic E-state index is 14.0. The monoisotopic (exact) mass is 536 g/mol. The van der Waals surface area contributed by atoms with E-state index >= 15 is 0 Å². The number of fused-ring (bicyclic) bond motifs is 1. The number of benzene rings is 1. The molecule has 0 radical (unpaired) electrons. The summed E-state index contributed by atoms with van der Waals surface area (Å²) in [7, 11) is -1.88. The molecule has 36 heavy (non-hydrogen) atoms. The van der Waals surface area contributed by atoms with Crippen LogP contribution in [0.4, 0.5) is 20.2 Å². The van der Waals surface area contributed by atoms with Crippen molar-refractivity contribution in [3.63, 3.8) is 0 Å². The minimum Gasteiger partial charge on any atom is -0.358 e. The van der Waals surface area contributed by atoms with Gasteiger partial charge in [0.15, 0.2) is 21.3 Å². The standard InChI is InChI=1S/C23H23ClF2N6O3S/c1-31-12-27-11-16(31)13-6-7-14(17(9-13)36(2,33)34)28-15-10-18(24)29-22-20(15)30-23(21(25)26)32(22)19-5-3-4-8-35-19/h6-7,9-12,19,21H,3-5,8H2,1-2H3,(H,28,29). The first-order valence-electron chi connectivity index (χ1n) is 11.2. The van der Waals surface area contributed by atoms with Gasteiger partial charge in [0.05, 0.1) is 34.5 Å². The lowest BCUT2D eigenvalue weighted by Crippen LogP contribution is -2.20. The van der Waals surface area contributed by atoms with Crippen LogP contribution in [-0.4, -0.2) is 45.4 Å². The maximum Gasteiger partial charge on any atom is 0.295 e. The number of aromatic nitrogens is 5. The molecule has 1 aliphatic rings. The Kier molecular flexibility index (Phi) is 6.43. The Balaban J connectivity index is 1.64. The molecular formula is C23H23ClF2N6O3S. The second-order valence-electron chi connectivity index (χ2n) is 8.62. The van der Waals surface area contributed by atoms with Crippen molar-refractivity contribution in [2.45, 2.75) is 36.8 Å². The highest BCUT2D eigenvalue weighted by atomic mass is 35.5. The summed E-state index contributed by atoms with van der Waals surface area (Å²) in [6.45, 7) is 0.444. The molecule has 0 saturated carbocycles. The van der Waals surface area contributed by atoms with Gasteiger partial charge in [-0.05, 0) is 31.4 Å². The number of imidazole rings is 2. The van der Waals surface area contributed by atoms with Gasteiger partial charge in [-0.1, -0.05) is 17.7 Å². The number of anilines is 2. The van der Waals surface area contributed by atoms with Crippen LogP contribution in [0.1, 0.15) is 37.7 Å². The molecule has 0 bridgehead atoms. The van der Waals surface area contributed by atoms with Crippen molar-refractivity contribution in [3.8, 4) is 11.3 Å². The molecule has 4 heterocycles. The summed E-state index contributed by atoms with van der Waals surface area (Å²) >= 11 is 6.28. The zero-order valence-electron chi connectivity index (χ0n) is 19.5. The summed E-state index contributed by atoms with van der Waals surface area (Å²) in [5, 5.41) is 3.08. The minimum absolute atomic E-state index is 0.0198. The third-order valence-electron chi connectivity index (χ3n) is 6.05. The first kappa shape index (κ1) is 24.6. The van der Waals surface area contributed by atoms with E-state index in [1.807, 2.05) is 0 Å². The highest BCUT2D eigenvalue weighted by Gasteiger charge is 2.29. The lowest BCUT2D eigenvalue weighted by atomic mass is 10.1. The maximum absolute atomic E-state index is 14.0. The van der Waals surface area contributed by atoms with Crippen molar-refractivity contribution in [2.75, 3.05) is 18.2 Å². The topological polar surface area (TPSA) is 104 Å². The molecule has 9 nitrogen and oxygen atoms in total. The number of hydrogen-bond donors (Lipinski definition) is 1. The van der Waals surface area contributed by atoms with Crippen LogP contribution >= 0.6 is 11.6 Å². The van der Waals surface area contributed by atoms with Crippen molar-refractivity contribution >= 4 is 44.0 Å². The number of nitrogens with one attached hydrogen (secondary N) is 1. The van der Waals surface area contributed by atoms with Gasteiger partial charge in [-0.25, -0.2) is 32.2 Å². The molecule has 4 aromatic rings. The quantitative estimate of drug-likeness (QED) is 0.335. The van der Waals surface area contributed by atoms with Gasteiger partial charge in [0, 0.05) is 31.5 Å². The summed E-state index contributed by atoms with van der Waals surface area (Å²) in [5.41, 5.74) is 2.15.